The number of halogens is 4. The molecule has 0 amide bonds. The number of allylic oxidation sites excluding steroid dienone is 2. The first kappa shape index (κ1) is 10.8. The van der Waals surface area contributed by atoms with E-state index in [0.29, 0.717) is 0 Å². The zero-order chi connectivity index (χ0) is 10.1. The van der Waals surface area contributed by atoms with E-state index in [-0.39, 0.29) is 6.10 Å². The third kappa shape index (κ3) is 2.57. The summed E-state index contributed by atoms with van der Waals surface area (Å²) in [6.45, 7) is 0. The Kier molecular flexibility index (Phi) is 3.18. The molecule has 13 heavy (non-hydrogen) atoms. The van der Waals surface area contributed by atoms with Gasteiger partial charge < -0.3 is 4.74 Å². The summed E-state index contributed by atoms with van der Waals surface area (Å²) >= 11 is 3.10. The van der Waals surface area contributed by atoms with Gasteiger partial charge in [-0.3, -0.25) is 0 Å². The van der Waals surface area contributed by atoms with Gasteiger partial charge in [-0.2, -0.15) is 13.2 Å². The van der Waals surface area contributed by atoms with Crippen LogP contribution in [0.3, 0.4) is 0 Å². The molecule has 0 aromatic rings. The summed E-state index contributed by atoms with van der Waals surface area (Å²) in [7, 11) is 1.45. The Bertz CT molecular complexity index is 244. The number of rotatable bonds is 1. The van der Waals surface area contributed by atoms with Crippen molar-refractivity contribution in [3.05, 3.63) is 23.8 Å². The lowest BCUT2D eigenvalue weighted by Gasteiger charge is -2.21. The number of ether oxygens (including phenoxy) is 1. The molecule has 1 aliphatic rings. The monoisotopic (exact) mass is 256 g/mol. The molecule has 0 N–H and O–H groups in total. The Morgan fingerprint density at radius 3 is 2.46 bits per heavy atom. The van der Waals surface area contributed by atoms with E-state index >= 15 is 0 Å². The standard InChI is InChI=1S/C8H8BrF3O/c1-13-7-3-2-5(4-6(7)9)8(10,11)12/h2-4,6-7H,1H3. The highest BCUT2D eigenvalue weighted by molar-refractivity contribution is 9.09. The fourth-order valence-corrected chi connectivity index (χ4v) is 1.70. The Hall–Kier alpha value is -0.290. The van der Waals surface area contributed by atoms with Gasteiger partial charge in [0, 0.05) is 7.11 Å². The predicted molar refractivity (Wildman–Crippen MR) is 46.8 cm³/mol. The molecule has 1 aliphatic carbocycles. The van der Waals surface area contributed by atoms with Crippen molar-refractivity contribution in [2.75, 3.05) is 7.11 Å². The van der Waals surface area contributed by atoms with Crippen LogP contribution in [0.1, 0.15) is 0 Å². The Morgan fingerprint density at radius 2 is 2.08 bits per heavy atom. The topological polar surface area (TPSA) is 9.23 Å². The second-order valence-electron chi connectivity index (χ2n) is 2.62. The highest BCUT2D eigenvalue weighted by Gasteiger charge is 2.34. The molecule has 0 bridgehead atoms. The van der Waals surface area contributed by atoms with Crippen molar-refractivity contribution < 1.29 is 17.9 Å². The molecule has 0 aromatic carbocycles. The second-order valence-corrected chi connectivity index (χ2v) is 3.68. The molecule has 1 nitrogen and oxygen atoms in total. The molecule has 2 atom stereocenters. The van der Waals surface area contributed by atoms with Crippen molar-refractivity contribution in [3.63, 3.8) is 0 Å². The minimum atomic E-state index is -4.28. The van der Waals surface area contributed by atoms with E-state index in [2.05, 4.69) is 15.9 Å². The van der Waals surface area contributed by atoms with Crippen LogP contribution in [0.25, 0.3) is 0 Å². The maximum Gasteiger partial charge on any atom is 0.416 e. The smallest absolute Gasteiger partial charge is 0.376 e. The van der Waals surface area contributed by atoms with Crippen molar-refractivity contribution in [1.82, 2.24) is 0 Å². The summed E-state index contributed by atoms with van der Waals surface area (Å²) < 4.78 is 41.4. The third-order valence-electron chi connectivity index (χ3n) is 1.72. The average Bonchev–Trinajstić information content (AvgIpc) is 2.02. The molecule has 0 fully saturated rings. The molecule has 0 spiro atoms. The highest BCUT2D eigenvalue weighted by Crippen LogP contribution is 2.31. The van der Waals surface area contributed by atoms with E-state index in [0.717, 1.165) is 12.2 Å². The van der Waals surface area contributed by atoms with Crippen LogP contribution < -0.4 is 0 Å². The lowest BCUT2D eigenvalue weighted by molar-refractivity contribution is -0.0888. The van der Waals surface area contributed by atoms with Crippen molar-refractivity contribution in [2.45, 2.75) is 17.1 Å². The van der Waals surface area contributed by atoms with Gasteiger partial charge >= 0.3 is 6.18 Å². The largest absolute Gasteiger partial charge is 0.416 e. The fourth-order valence-electron chi connectivity index (χ4n) is 1.02. The zero-order valence-electron chi connectivity index (χ0n) is 6.81. The van der Waals surface area contributed by atoms with Gasteiger partial charge in [-0.1, -0.05) is 34.2 Å². The molecular weight excluding hydrogens is 249 g/mol. The SMILES string of the molecule is COC1C=CC(C(F)(F)F)=CC1Br. The van der Waals surface area contributed by atoms with Crippen molar-refractivity contribution >= 4 is 15.9 Å². The molecule has 2 unspecified atom stereocenters. The number of methoxy groups -OCH3 is 1. The van der Waals surface area contributed by atoms with Crippen LogP contribution in [0.5, 0.6) is 0 Å². The van der Waals surface area contributed by atoms with Crippen molar-refractivity contribution in [3.8, 4) is 0 Å². The van der Waals surface area contributed by atoms with Crippen LogP contribution in [0.15, 0.2) is 23.8 Å². The number of hydrogen-bond donors (Lipinski definition) is 0. The van der Waals surface area contributed by atoms with Crippen molar-refractivity contribution in [2.24, 2.45) is 0 Å². The van der Waals surface area contributed by atoms with Gasteiger partial charge in [0.2, 0.25) is 0 Å². The van der Waals surface area contributed by atoms with Gasteiger partial charge in [0.15, 0.2) is 0 Å². The first-order valence-corrected chi connectivity index (χ1v) is 4.51. The van der Waals surface area contributed by atoms with Crippen LogP contribution in [0, 0.1) is 0 Å². The lowest BCUT2D eigenvalue weighted by Crippen LogP contribution is -2.24. The predicted octanol–water partition coefficient (Wildman–Crippen LogP) is 2.82. The van der Waals surface area contributed by atoms with Gasteiger partial charge in [-0.15, -0.1) is 0 Å². The maximum atomic E-state index is 12.2. The van der Waals surface area contributed by atoms with Crippen molar-refractivity contribution in [1.29, 1.82) is 0 Å². The molecule has 0 radical (unpaired) electrons. The molecule has 0 aromatic heterocycles. The van der Waals surface area contributed by atoms with Crippen LogP contribution in [0.4, 0.5) is 13.2 Å². The maximum absolute atomic E-state index is 12.2. The first-order chi connectivity index (χ1) is 5.95. The average molecular weight is 257 g/mol. The zero-order valence-corrected chi connectivity index (χ0v) is 8.39. The van der Waals surface area contributed by atoms with E-state index in [1.807, 2.05) is 0 Å². The lowest BCUT2D eigenvalue weighted by atomic mass is 10.0. The molecule has 0 saturated heterocycles. The van der Waals surface area contributed by atoms with Crippen LogP contribution >= 0.6 is 15.9 Å². The van der Waals surface area contributed by atoms with E-state index < -0.39 is 16.6 Å². The minimum Gasteiger partial charge on any atom is -0.376 e. The molecule has 0 saturated carbocycles. The van der Waals surface area contributed by atoms with E-state index in [1.165, 1.54) is 13.2 Å². The summed E-state index contributed by atoms with van der Waals surface area (Å²) in [5.41, 5.74) is -0.636. The van der Waals surface area contributed by atoms with Gasteiger partial charge in [-0.25, -0.2) is 0 Å². The molecule has 5 heteroatoms. The Balaban J connectivity index is 2.80. The minimum absolute atomic E-state index is 0.328. The normalized spacial score (nSPS) is 28.8. The van der Waals surface area contributed by atoms with E-state index in [9.17, 15) is 13.2 Å². The second kappa shape index (κ2) is 3.84. The van der Waals surface area contributed by atoms with Gasteiger partial charge in [0.25, 0.3) is 0 Å². The Labute approximate surface area is 82.4 Å². The van der Waals surface area contributed by atoms with E-state index in [4.69, 9.17) is 4.74 Å². The summed E-state index contributed by atoms with van der Waals surface area (Å²) in [6.07, 6.45) is -1.07. The summed E-state index contributed by atoms with van der Waals surface area (Å²) in [4.78, 5) is -0.417. The highest BCUT2D eigenvalue weighted by atomic mass is 79.9. The molecule has 0 heterocycles. The number of alkyl halides is 4. The van der Waals surface area contributed by atoms with E-state index in [1.54, 1.807) is 0 Å². The summed E-state index contributed by atoms with van der Waals surface area (Å²) in [6, 6.07) is 0. The molecule has 1 rings (SSSR count). The quantitative estimate of drug-likeness (QED) is 0.656. The molecule has 0 aliphatic heterocycles. The van der Waals surface area contributed by atoms with Crippen LogP contribution in [-0.2, 0) is 4.74 Å². The summed E-state index contributed by atoms with van der Waals surface area (Å²) in [5, 5.41) is 0. The van der Waals surface area contributed by atoms with Gasteiger partial charge in [0.05, 0.1) is 16.5 Å². The molecule has 74 valence electrons. The third-order valence-corrected chi connectivity index (χ3v) is 2.50. The first-order valence-electron chi connectivity index (χ1n) is 3.59. The van der Waals surface area contributed by atoms with Gasteiger partial charge in [0.1, 0.15) is 0 Å². The van der Waals surface area contributed by atoms with Crippen LogP contribution in [-0.4, -0.2) is 24.2 Å². The van der Waals surface area contributed by atoms with Crippen LogP contribution in [0.2, 0.25) is 0 Å². The van der Waals surface area contributed by atoms with Gasteiger partial charge in [-0.05, 0) is 0 Å². The number of hydrogen-bond acceptors (Lipinski definition) is 1. The Morgan fingerprint density at radius 1 is 1.46 bits per heavy atom. The summed E-state index contributed by atoms with van der Waals surface area (Å²) in [5.74, 6) is 0. The fraction of sp³-hybridized carbons (Fsp3) is 0.500. The molecular formula is C8H8BrF3O.